The van der Waals surface area contributed by atoms with E-state index in [0.717, 1.165) is 12.1 Å². The van der Waals surface area contributed by atoms with E-state index in [0.29, 0.717) is 19.6 Å². The van der Waals surface area contributed by atoms with Crippen LogP contribution >= 0.6 is 11.3 Å². The van der Waals surface area contributed by atoms with Crippen molar-refractivity contribution in [1.29, 1.82) is 0 Å². The van der Waals surface area contributed by atoms with E-state index in [9.17, 15) is 13.2 Å². The number of hydrogen-bond acceptors (Lipinski definition) is 4. The van der Waals surface area contributed by atoms with Crippen molar-refractivity contribution in [3.05, 3.63) is 16.8 Å². The third-order valence-corrected chi connectivity index (χ3v) is 6.51. The minimum atomic E-state index is -3.23. The molecule has 0 unspecified atom stereocenters. The van der Waals surface area contributed by atoms with Crippen molar-refractivity contribution >= 4 is 33.0 Å². The Labute approximate surface area is 123 Å². The van der Waals surface area contributed by atoms with Gasteiger partial charge in [-0.2, -0.15) is 11.3 Å². The van der Waals surface area contributed by atoms with Crippen molar-refractivity contribution in [2.75, 3.05) is 30.8 Å². The van der Waals surface area contributed by atoms with Gasteiger partial charge in [0, 0.05) is 25.0 Å². The lowest BCUT2D eigenvalue weighted by molar-refractivity contribution is -0.126. The molecule has 1 spiro atoms. The van der Waals surface area contributed by atoms with E-state index < -0.39 is 15.4 Å². The molecule has 20 heavy (non-hydrogen) atoms. The van der Waals surface area contributed by atoms with Gasteiger partial charge in [-0.25, -0.2) is 12.7 Å². The molecule has 3 heterocycles. The number of rotatable bonds is 2. The fourth-order valence-corrected chi connectivity index (χ4v) is 4.92. The van der Waals surface area contributed by atoms with E-state index in [1.165, 1.54) is 10.6 Å². The van der Waals surface area contributed by atoms with Crippen molar-refractivity contribution in [2.45, 2.75) is 13.3 Å². The molecule has 0 aliphatic carbocycles. The maximum atomic E-state index is 12.8. The molecular weight excluding hydrogens is 296 g/mol. The Bertz CT molecular complexity index is 626. The molecule has 2 aliphatic heterocycles. The molecule has 2 saturated heterocycles. The first-order valence-corrected chi connectivity index (χ1v) is 9.43. The molecule has 1 amide bonds. The predicted molar refractivity (Wildman–Crippen MR) is 79.3 cm³/mol. The zero-order chi connectivity index (χ0) is 14.5. The first-order valence-electron chi connectivity index (χ1n) is 6.64. The molecule has 1 aromatic heterocycles. The second-order valence-corrected chi connectivity index (χ2v) is 8.56. The van der Waals surface area contributed by atoms with Gasteiger partial charge in [-0.15, -0.1) is 0 Å². The second-order valence-electron chi connectivity index (χ2n) is 5.80. The Hall–Kier alpha value is -0.920. The van der Waals surface area contributed by atoms with Crippen LogP contribution in [-0.2, 0) is 14.8 Å². The van der Waals surface area contributed by atoms with Crippen molar-refractivity contribution < 1.29 is 13.2 Å². The molecule has 110 valence electrons. The van der Waals surface area contributed by atoms with Crippen LogP contribution in [0, 0.1) is 11.3 Å². The van der Waals surface area contributed by atoms with Crippen molar-refractivity contribution in [2.24, 2.45) is 11.3 Å². The first kappa shape index (κ1) is 14.0. The van der Waals surface area contributed by atoms with E-state index in [-0.39, 0.29) is 11.8 Å². The van der Waals surface area contributed by atoms with Gasteiger partial charge in [0.25, 0.3) is 0 Å². The van der Waals surface area contributed by atoms with E-state index in [1.54, 1.807) is 16.2 Å². The van der Waals surface area contributed by atoms with Crippen molar-refractivity contribution in [3.63, 3.8) is 0 Å². The minimum absolute atomic E-state index is 0.0633. The summed E-state index contributed by atoms with van der Waals surface area (Å²) in [6.07, 6.45) is 1.95. The fraction of sp³-hybridized carbons (Fsp3) is 0.615. The van der Waals surface area contributed by atoms with E-state index in [1.807, 2.05) is 23.8 Å². The van der Waals surface area contributed by atoms with Crippen LogP contribution in [0.1, 0.15) is 13.3 Å². The minimum Gasteiger partial charge on any atom is -0.311 e. The summed E-state index contributed by atoms with van der Waals surface area (Å²) in [7, 11) is -3.23. The summed E-state index contributed by atoms with van der Waals surface area (Å²) < 4.78 is 24.9. The van der Waals surface area contributed by atoms with Gasteiger partial charge in [-0.3, -0.25) is 4.79 Å². The van der Waals surface area contributed by atoms with Crippen LogP contribution in [0.4, 0.5) is 5.69 Å². The Morgan fingerprint density at radius 2 is 2.20 bits per heavy atom. The Balaban J connectivity index is 1.90. The van der Waals surface area contributed by atoms with Gasteiger partial charge in [0.05, 0.1) is 17.4 Å². The number of thiophene rings is 1. The molecule has 0 saturated carbocycles. The Morgan fingerprint density at radius 3 is 2.75 bits per heavy atom. The highest BCUT2D eigenvalue weighted by Crippen LogP contribution is 2.46. The quantitative estimate of drug-likeness (QED) is 0.829. The first-order chi connectivity index (χ1) is 9.34. The van der Waals surface area contributed by atoms with Crippen LogP contribution in [0.25, 0.3) is 0 Å². The molecule has 0 aromatic carbocycles. The van der Waals surface area contributed by atoms with Crippen molar-refractivity contribution in [1.82, 2.24) is 4.31 Å². The third-order valence-electron chi connectivity index (χ3n) is 4.62. The fourth-order valence-electron chi connectivity index (χ4n) is 3.32. The number of carbonyl (C=O) groups is 1. The summed E-state index contributed by atoms with van der Waals surface area (Å²) >= 11 is 1.56. The highest BCUT2D eigenvalue weighted by atomic mass is 32.2. The lowest BCUT2D eigenvalue weighted by Crippen LogP contribution is -2.40. The smallest absolute Gasteiger partial charge is 0.234 e. The highest BCUT2D eigenvalue weighted by molar-refractivity contribution is 7.88. The molecule has 5 nitrogen and oxygen atoms in total. The number of nitrogens with zero attached hydrogens (tertiary/aromatic N) is 2. The summed E-state index contributed by atoms with van der Waals surface area (Å²) in [6, 6.07) is 1.94. The summed E-state index contributed by atoms with van der Waals surface area (Å²) in [6.45, 7) is 3.44. The molecule has 2 aliphatic rings. The molecule has 2 fully saturated rings. The number of carbonyl (C=O) groups excluding carboxylic acids is 1. The topological polar surface area (TPSA) is 57.7 Å². The number of sulfonamides is 1. The Kier molecular flexibility index (Phi) is 3.19. The maximum absolute atomic E-state index is 12.8. The monoisotopic (exact) mass is 314 g/mol. The summed E-state index contributed by atoms with van der Waals surface area (Å²) in [4.78, 5) is 14.6. The molecule has 7 heteroatoms. The SMILES string of the molecule is C[C@@H]1CN(S(C)(=O)=O)C[C@]12CCN(c1ccsc1)C2=O. The zero-order valence-electron chi connectivity index (χ0n) is 11.6. The van der Waals surface area contributed by atoms with E-state index in [4.69, 9.17) is 0 Å². The third kappa shape index (κ3) is 1.99. The van der Waals surface area contributed by atoms with Crippen LogP contribution in [0.5, 0.6) is 0 Å². The average Bonchev–Trinajstić information content (AvgIpc) is 3.03. The van der Waals surface area contributed by atoms with Gasteiger partial charge in [-0.1, -0.05) is 6.92 Å². The van der Waals surface area contributed by atoms with Crippen LogP contribution in [0.15, 0.2) is 16.8 Å². The van der Waals surface area contributed by atoms with Crippen LogP contribution in [0.3, 0.4) is 0 Å². The normalized spacial score (nSPS) is 31.6. The summed E-state index contributed by atoms with van der Waals surface area (Å²) in [5.41, 5.74) is 0.396. The molecule has 3 rings (SSSR count). The maximum Gasteiger partial charge on any atom is 0.234 e. The average molecular weight is 314 g/mol. The standard InChI is InChI=1S/C13H18N2O3S2/c1-10-7-14(20(2,17)18)9-13(10)4-5-15(12(13)16)11-3-6-19-8-11/h3,6,8,10H,4-5,7,9H2,1-2H3/t10-,13-/m1/s1. The predicted octanol–water partition coefficient (Wildman–Crippen LogP) is 1.38. The van der Waals surface area contributed by atoms with Gasteiger partial charge in [-0.05, 0) is 23.8 Å². The number of hydrogen-bond donors (Lipinski definition) is 0. The molecule has 1 aromatic rings. The van der Waals surface area contributed by atoms with Gasteiger partial charge >= 0.3 is 0 Å². The van der Waals surface area contributed by atoms with Crippen molar-refractivity contribution in [3.8, 4) is 0 Å². The zero-order valence-corrected chi connectivity index (χ0v) is 13.2. The van der Waals surface area contributed by atoms with Gasteiger partial charge in [0.2, 0.25) is 15.9 Å². The van der Waals surface area contributed by atoms with Crippen LogP contribution in [0.2, 0.25) is 0 Å². The molecule has 2 atom stereocenters. The second kappa shape index (κ2) is 4.54. The number of anilines is 1. The molecule has 0 bridgehead atoms. The van der Waals surface area contributed by atoms with Gasteiger partial charge in [0.15, 0.2) is 0 Å². The molecular formula is C13H18N2O3S2. The summed E-state index contributed by atoms with van der Waals surface area (Å²) in [5, 5.41) is 3.92. The summed E-state index contributed by atoms with van der Waals surface area (Å²) in [5.74, 6) is 0.142. The number of amides is 1. The Morgan fingerprint density at radius 1 is 1.45 bits per heavy atom. The van der Waals surface area contributed by atoms with Gasteiger partial charge < -0.3 is 4.90 Å². The molecule has 0 radical (unpaired) electrons. The largest absolute Gasteiger partial charge is 0.311 e. The van der Waals surface area contributed by atoms with E-state index in [2.05, 4.69) is 0 Å². The van der Waals surface area contributed by atoms with Crippen LogP contribution < -0.4 is 4.90 Å². The van der Waals surface area contributed by atoms with Gasteiger partial charge in [0.1, 0.15) is 0 Å². The lowest BCUT2D eigenvalue weighted by atomic mass is 9.78. The molecule has 0 N–H and O–H groups in total. The highest BCUT2D eigenvalue weighted by Gasteiger charge is 2.56. The lowest BCUT2D eigenvalue weighted by Gasteiger charge is -2.26. The van der Waals surface area contributed by atoms with Crippen LogP contribution in [-0.4, -0.2) is 44.5 Å². The van der Waals surface area contributed by atoms with E-state index >= 15 is 0 Å².